The quantitative estimate of drug-likeness (QED) is 0.803. The molecule has 2 N–H and O–H groups in total. The summed E-state index contributed by atoms with van der Waals surface area (Å²) in [5, 5.41) is 0.576. The standard InChI is InChI=1S/C14H10BrClFNOS/c15-12-9(14(18)20)5-6-11(13(12)17)19-7-8-3-1-2-4-10(8)16/h1-6H,7H2,(H2,18,20). The minimum absolute atomic E-state index is 0.108. The normalized spacial score (nSPS) is 10.3. The monoisotopic (exact) mass is 373 g/mol. The van der Waals surface area contributed by atoms with E-state index in [2.05, 4.69) is 15.9 Å². The van der Waals surface area contributed by atoms with Gasteiger partial charge in [-0.05, 0) is 34.1 Å². The molecule has 2 aromatic carbocycles. The summed E-state index contributed by atoms with van der Waals surface area (Å²) in [6.07, 6.45) is 0. The van der Waals surface area contributed by atoms with E-state index >= 15 is 0 Å². The van der Waals surface area contributed by atoms with Gasteiger partial charge >= 0.3 is 0 Å². The summed E-state index contributed by atoms with van der Waals surface area (Å²) in [7, 11) is 0. The lowest BCUT2D eigenvalue weighted by atomic mass is 10.2. The highest BCUT2D eigenvalue weighted by Gasteiger charge is 2.14. The van der Waals surface area contributed by atoms with Crippen LogP contribution in [0.2, 0.25) is 5.02 Å². The predicted octanol–water partition coefficient (Wildman–Crippen LogP) is 4.45. The lowest BCUT2D eigenvalue weighted by Crippen LogP contribution is -2.11. The van der Waals surface area contributed by atoms with E-state index in [1.165, 1.54) is 6.07 Å². The van der Waals surface area contributed by atoms with E-state index in [1.807, 2.05) is 18.2 Å². The first-order valence-corrected chi connectivity index (χ1v) is 7.22. The maximum Gasteiger partial charge on any atom is 0.179 e. The molecule has 0 aliphatic heterocycles. The number of hydrogen-bond acceptors (Lipinski definition) is 2. The molecule has 2 rings (SSSR count). The summed E-state index contributed by atoms with van der Waals surface area (Å²) >= 11 is 14.0. The minimum Gasteiger partial charge on any atom is -0.486 e. The zero-order valence-corrected chi connectivity index (χ0v) is 13.4. The lowest BCUT2D eigenvalue weighted by molar-refractivity contribution is 0.289. The summed E-state index contributed by atoms with van der Waals surface area (Å²) in [4.78, 5) is 0.119. The van der Waals surface area contributed by atoms with Crippen molar-refractivity contribution >= 4 is 44.7 Å². The Morgan fingerprint density at radius 1 is 1.30 bits per heavy atom. The van der Waals surface area contributed by atoms with Crippen LogP contribution in [0.3, 0.4) is 0 Å². The number of thiocarbonyl (C=S) groups is 1. The Balaban J connectivity index is 2.21. The van der Waals surface area contributed by atoms with Gasteiger partial charge in [0.05, 0.1) is 4.47 Å². The highest BCUT2D eigenvalue weighted by atomic mass is 79.9. The Kier molecular flexibility index (Phi) is 4.96. The van der Waals surface area contributed by atoms with Gasteiger partial charge in [0, 0.05) is 16.1 Å². The number of halogens is 3. The molecule has 0 bridgehead atoms. The SMILES string of the molecule is NC(=S)c1ccc(OCc2ccccc2Cl)c(F)c1Br. The molecule has 0 saturated heterocycles. The average Bonchev–Trinajstić information content (AvgIpc) is 2.41. The molecule has 0 fully saturated rings. The summed E-state index contributed by atoms with van der Waals surface area (Å²) in [6, 6.07) is 10.3. The summed E-state index contributed by atoms with van der Waals surface area (Å²) in [6.45, 7) is 0.176. The van der Waals surface area contributed by atoms with Crippen LogP contribution in [0.5, 0.6) is 5.75 Å². The van der Waals surface area contributed by atoms with Crippen LogP contribution in [0.4, 0.5) is 4.39 Å². The molecule has 0 heterocycles. The third-order valence-corrected chi connectivity index (χ3v) is 4.02. The first-order chi connectivity index (χ1) is 9.50. The molecule has 0 spiro atoms. The van der Waals surface area contributed by atoms with Gasteiger partial charge in [0.25, 0.3) is 0 Å². The van der Waals surface area contributed by atoms with Gasteiger partial charge in [-0.25, -0.2) is 4.39 Å². The van der Waals surface area contributed by atoms with Crippen molar-refractivity contribution in [2.75, 3.05) is 0 Å². The smallest absolute Gasteiger partial charge is 0.179 e. The van der Waals surface area contributed by atoms with Crippen LogP contribution >= 0.6 is 39.7 Å². The van der Waals surface area contributed by atoms with E-state index < -0.39 is 5.82 Å². The topological polar surface area (TPSA) is 35.2 Å². The molecule has 104 valence electrons. The van der Waals surface area contributed by atoms with Gasteiger partial charge < -0.3 is 10.5 Å². The Hall–Kier alpha value is -1.17. The maximum atomic E-state index is 14.1. The molecule has 0 amide bonds. The van der Waals surface area contributed by atoms with E-state index in [0.29, 0.717) is 10.6 Å². The molecule has 0 aromatic heterocycles. The molecule has 20 heavy (non-hydrogen) atoms. The molecule has 0 radical (unpaired) electrons. The van der Waals surface area contributed by atoms with Crippen molar-refractivity contribution < 1.29 is 9.13 Å². The fraction of sp³-hybridized carbons (Fsp3) is 0.0714. The molecule has 0 saturated carbocycles. The van der Waals surface area contributed by atoms with Crippen molar-refractivity contribution in [1.82, 2.24) is 0 Å². The predicted molar refractivity (Wildman–Crippen MR) is 85.8 cm³/mol. The van der Waals surface area contributed by atoms with Gasteiger partial charge in [-0.2, -0.15) is 0 Å². The van der Waals surface area contributed by atoms with E-state index in [0.717, 1.165) is 5.56 Å². The van der Waals surface area contributed by atoms with Crippen LogP contribution in [-0.4, -0.2) is 4.99 Å². The van der Waals surface area contributed by atoms with Crippen molar-refractivity contribution in [2.24, 2.45) is 5.73 Å². The average molecular weight is 375 g/mol. The molecule has 2 nitrogen and oxygen atoms in total. The minimum atomic E-state index is -0.539. The van der Waals surface area contributed by atoms with Crippen LogP contribution in [0.15, 0.2) is 40.9 Å². The number of benzene rings is 2. The maximum absolute atomic E-state index is 14.1. The van der Waals surface area contributed by atoms with Crippen molar-refractivity contribution in [3.8, 4) is 5.75 Å². The highest BCUT2D eigenvalue weighted by Crippen LogP contribution is 2.29. The molecular weight excluding hydrogens is 365 g/mol. The number of ether oxygens (including phenoxy) is 1. The van der Waals surface area contributed by atoms with Gasteiger partial charge in [0.2, 0.25) is 0 Å². The molecular formula is C14H10BrClFNOS. The third kappa shape index (κ3) is 3.29. The zero-order valence-electron chi connectivity index (χ0n) is 10.2. The van der Waals surface area contributed by atoms with Gasteiger partial charge in [0.15, 0.2) is 11.6 Å². The van der Waals surface area contributed by atoms with Crippen molar-refractivity contribution in [3.05, 3.63) is 62.8 Å². The highest BCUT2D eigenvalue weighted by molar-refractivity contribution is 9.10. The molecule has 2 aromatic rings. The molecule has 0 atom stereocenters. The number of rotatable bonds is 4. The number of hydrogen-bond donors (Lipinski definition) is 1. The molecule has 0 aliphatic carbocycles. The third-order valence-electron chi connectivity index (χ3n) is 2.65. The van der Waals surface area contributed by atoms with Crippen molar-refractivity contribution in [3.63, 3.8) is 0 Å². The van der Waals surface area contributed by atoms with Crippen LogP contribution in [-0.2, 0) is 6.61 Å². The van der Waals surface area contributed by atoms with Gasteiger partial charge in [0.1, 0.15) is 11.6 Å². The Morgan fingerprint density at radius 3 is 2.65 bits per heavy atom. The van der Waals surface area contributed by atoms with Crippen molar-refractivity contribution in [1.29, 1.82) is 0 Å². The summed E-state index contributed by atoms with van der Waals surface area (Å²) < 4.78 is 19.7. The Morgan fingerprint density at radius 2 is 2.00 bits per heavy atom. The first-order valence-electron chi connectivity index (χ1n) is 5.64. The fourth-order valence-electron chi connectivity index (χ4n) is 1.60. The van der Waals surface area contributed by atoms with Crippen LogP contribution in [0.1, 0.15) is 11.1 Å². The van der Waals surface area contributed by atoms with Gasteiger partial charge in [-0.1, -0.05) is 42.0 Å². The molecule has 0 unspecified atom stereocenters. The Bertz CT molecular complexity index is 666. The summed E-state index contributed by atoms with van der Waals surface area (Å²) in [5.41, 5.74) is 6.71. The lowest BCUT2D eigenvalue weighted by Gasteiger charge is -2.11. The second kappa shape index (κ2) is 6.52. The Labute approximate surface area is 134 Å². The van der Waals surface area contributed by atoms with E-state index in [9.17, 15) is 4.39 Å². The molecule has 6 heteroatoms. The largest absolute Gasteiger partial charge is 0.486 e. The van der Waals surface area contributed by atoms with Gasteiger partial charge in [-0.15, -0.1) is 0 Å². The summed E-state index contributed by atoms with van der Waals surface area (Å²) in [5.74, 6) is -0.431. The fourth-order valence-corrected chi connectivity index (χ4v) is 2.64. The van der Waals surface area contributed by atoms with E-state index in [-0.39, 0.29) is 21.8 Å². The first kappa shape index (κ1) is 15.2. The van der Waals surface area contributed by atoms with Crippen LogP contribution in [0, 0.1) is 5.82 Å². The second-order valence-electron chi connectivity index (χ2n) is 3.98. The molecule has 0 aliphatic rings. The van der Waals surface area contributed by atoms with E-state index in [1.54, 1.807) is 12.1 Å². The van der Waals surface area contributed by atoms with Crippen molar-refractivity contribution in [2.45, 2.75) is 6.61 Å². The van der Waals surface area contributed by atoms with Crippen LogP contribution < -0.4 is 10.5 Å². The van der Waals surface area contributed by atoms with Gasteiger partial charge in [-0.3, -0.25) is 0 Å². The van der Waals surface area contributed by atoms with Crippen LogP contribution in [0.25, 0.3) is 0 Å². The zero-order chi connectivity index (χ0) is 14.7. The van der Waals surface area contributed by atoms with E-state index in [4.69, 9.17) is 34.3 Å². The second-order valence-corrected chi connectivity index (χ2v) is 5.62. The number of nitrogens with two attached hydrogens (primary N) is 1.